The maximum Gasteiger partial charge on any atom is 0.160 e. The Balaban J connectivity index is 1.34. The van der Waals surface area contributed by atoms with E-state index in [0.29, 0.717) is 11.4 Å². The summed E-state index contributed by atoms with van der Waals surface area (Å²) in [4.78, 5) is 10.4. The summed E-state index contributed by atoms with van der Waals surface area (Å²) in [6.45, 7) is 4.70. The van der Waals surface area contributed by atoms with Crippen molar-refractivity contribution < 1.29 is 0 Å². The first kappa shape index (κ1) is 28.1. The van der Waals surface area contributed by atoms with Crippen molar-refractivity contribution in [3.63, 3.8) is 0 Å². The molecule has 0 amide bonds. The molecule has 1 spiro atoms. The van der Waals surface area contributed by atoms with Crippen molar-refractivity contribution in [1.82, 2.24) is 9.97 Å². The minimum absolute atomic E-state index is 0.159. The number of nitrogens with zero attached hydrogens (tertiary/aromatic N) is 3. The van der Waals surface area contributed by atoms with Crippen LogP contribution in [0.1, 0.15) is 52.8 Å². The Kier molecular flexibility index (Phi) is 6.13. The van der Waals surface area contributed by atoms with Gasteiger partial charge >= 0.3 is 0 Å². The Morgan fingerprint density at radius 2 is 1.02 bits per heavy atom. The van der Waals surface area contributed by atoms with Crippen LogP contribution in [0.5, 0.6) is 0 Å². The van der Waals surface area contributed by atoms with Gasteiger partial charge in [0, 0.05) is 22.1 Å². The Morgan fingerprint density at radius 3 is 1.71 bits per heavy atom. The Hall–Kier alpha value is -6.11. The summed E-state index contributed by atoms with van der Waals surface area (Å²) in [5.74, 6) is 0.653. The molecule has 1 aromatic heterocycles. The first-order valence-corrected chi connectivity index (χ1v) is 16.4. The van der Waals surface area contributed by atoms with Gasteiger partial charge in [-0.15, -0.1) is 0 Å². The second-order valence-electron chi connectivity index (χ2n) is 13.3. The highest BCUT2D eigenvalue weighted by Gasteiger charge is 2.53. The maximum absolute atomic E-state index is 9.65. The van der Waals surface area contributed by atoms with E-state index >= 15 is 0 Å². The fourth-order valence-corrected chi connectivity index (χ4v) is 8.23. The third-order valence-corrected chi connectivity index (χ3v) is 10.4. The monoisotopic (exact) mass is 613 g/mol. The zero-order valence-electron chi connectivity index (χ0n) is 26.8. The third kappa shape index (κ3) is 3.93. The van der Waals surface area contributed by atoms with Crippen LogP contribution in [-0.4, -0.2) is 9.97 Å². The predicted molar refractivity (Wildman–Crippen MR) is 192 cm³/mol. The summed E-state index contributed by atoms with van der Waals surface area (Å²) >= 11 is 0. The third-order valence-electron chi connectivity index (χ3n) is 10.4. The molecule has 0 unspecified atom stereocenters. The summed E-state index contributed by atoms with van der Waals surface area (Å²) in [6.07, 6.45) is 0. The molecule has 0 aliphatic heterocycles. The molecule has 0 fully saturated rings. The molecule has 0 atom stereocenters. The van der Waals surface area contributed by atoms with E-state index in [1.54, 1.807) is 0 Å². The zero-order chi connectivity index (χ0) is 32.5. The highest BCUT2D eigenvalue weighted by atomic mass is 14.9. The van der Waals surface area contributed by atoms with Crippen LogP contribution in [0.4, 0.5) is 0 Å². The van der Waals surface area contributed by atoms with Crippen molar-refractivity contribution in [2.75, 3.05) is 0 Å². The van der Waals surface area contributed by atoms with E-state index in [1.807, 2.05) is 48.5 Å². The topological polar surface area (TPSA) is 49.6 Å². The highest BCUT2D eigenvalue weighted by Crippen LogP contribution is 2.62. The van der Waals surface area contributed by atoms with Gasteiger partial charge in [-0.2, -0.15) is 5.26 Å². The standard InChI is InChI=1S/C45H31N3/c1-44(2)36-19-8-10-21-38(36)45(39-22-11-9-20-37(39)44)35-18-7-6-17-33(35)34-24-23-32(26-40(34)45)43-47-41(30-14-4-3-5-15-30)27-42(48-43)31-16-12-13-29(25-31)28-46/h3-27H,1-2H3. The molecule has 2 aliphatic carbocycles. The molecule has 1 heterocycles. The molecule has 3 heteroatoms. The Bertz CT molecular complexity index is 2400. The summed E-state index contributed by atoms with van der Waals surface area (Å²) in [5, 5.41) is 9.65. The van der Waals surface area contributed by atoms with Gasteiger partial charge in [0.1, 0.15) is 0 Å². The van der Waals surface area contributed by atoms with Crippen molar-refractivity contribution in [2.24, 2.45) is 0 Å². The minimum Gasteiger partial charge on any atom is -0.228 e. The lowest BCUT2D eigenvalue weighted by molar-refractivity contribution is 0.563. The summed E-state index contributed by atoms with van der Waals surface area (Å²) < 4.78 is 0. The number of nitriles is 1. The molecule has 0 saturated heterocycles. The average Bonchev–Trinajstić information content (AvgIpc) is 3.44. The molecule has 2 aliphatic rings. The van der Waals surface area contributed by atoms with Gasteiger partial charge in [0.15, 0.2) is 5.82 Å². The van der Waals surface area contributed by atoms with Crippen LogP contribution < -0.4 is 0 Å². The number of benzene rings is 6. The van der Waals surface area contributed by atoms with Crippen molar-refractivity contribution in [3.05, 3.63) is 191 Å². The average molecular weight is 614 g/mol. The van der Waals surface area contributed by atoms with Gasteiger partial charge in [0.05, 0.1) is 28.4 Å². The molecule has 7 aromatic rings. The largest absolute Gasteiger partial charge is 0.228 e. The van der Waals surface area contributed by atoms with Crippen LogP contribution in [0, 0.1) is 11.3 Å². The van der Waals surface area contributed by atoms with Crippen LogP contribution in [0.15, 0.2) is 152 Å². The fraction of sp³-hybridized carbons (Fsp3) is 0.0889. The molecule has 0 radical (unpaired) electrons. The summed E-state index contributed by atoms with van der Waals surface area (Å²) in [7, 11) is 0. The lowest BCUT2D eigenvalue weighted by Gasteiger charge is -2.46. The normalized spacial score (nSPS) is 14.4. The van der Waals surface area contributed by atoms with Crippen LogP contribution >= 0.6 is 0 Å². The number of hydrogen-bond donors (Lipinski definition) is 0. The highest BCUT2D eigenvalue weighted by molar-refractivity contribution is 5.90. The molecule has 48 heavy (non-hydrogen) atoms. The van der Waals surface area contributed by atoms with Gasteiger partial charge in [0.2, 0.25) is 0 Å². The van der Waals surface area contributed by atoms with Crippen LogP contribution in [0.2, 0.25) is 0 Å². The Labute approximate surface area is 280 Å². The summed E-state index contributed by atoms with van der Waals surface area (Å²) in [5.41, 5.74) is 14.8. The molecule has 6 aromatic carbocycles. The summed E-state index contributed by atoms with van der Waals surface area (Å²) in [6, 6.07) is 55.8. The van der Waals surface area contributed by atoms with Gasteiger partial charge in [-0.25, -0.2) is 9.97 Å². The van der Waals surface area contributed by atoms with Crippen LogP contribution in [-0.2, 0) is 10.8 Å². The Morgan fingerprint density at radius 1 is 0.458 bits per heavy atom. The quantitative estimate of drug-likeness (QED) is 0.199. The van der Waals surface area contributed by atoms with Crippen molar-refractivity contribution >= 4 is 0 Å². The fourth-order valence-electron chi connectivity index (χ4n) is 8.23. The second kappa shape index (κ2) is 10.5. The molecular formula is C45H31N3. The molecule has 226 valence electrons. The van der Waals surface area contributed by atoms with E-state index in [0.717, 1.165) is 28.1 Å². The van der Waals surface area contributed by atoms with Crippen molar-refractivity contribution in [2.45, 2.75) is 24.7 Å². The van der Waals surface area contributed by atoms with E-state index in [4.69, 9.17) is 9.97 Å². The van der Waals surface area contributed by atoms with E-state index in [1.165, 1.54) is 44.5 Å². The van der Waals surface area contributed by atoms with Gasteiger partial charge in [-0.3, -0.25) is 0 Å². The van der Waals surface area contributed by atoms with E-state index < -0.39 is 5.41 Å². The maximum atomic E-state index is 9.65. The lowest BCUT2D eigenvalue weighted by atomic mass is 9.55. The lowest BCUT2D eigenvalue weighted by Crippen LogP contribution is -2.40. The molecule has 0 N–H and O–H groups in total. The first-order valence-electron chi connectivity index (χ1n) is 16.4. The smallest absolute Gasteiger partial charge is 0.160 e. The van der Waals surface area contributed by atoms with Gasteiger partial charge in [-0.1, -0.05) is 141 Å². The van der Waals surface area contributed by atoms with Crippen molar-refractivity contribution in [1.29, 1.82) is 5.26 Å². The van der Waals surface area contributed by atoms with E-state index in [2.05, 4.69) is 123 Å². The van der Waals surface area contributed by atoms with Crippen molar-refractivity contribution in [3.8, 4) is 51.1 Å². The molecule has 0 saturated carbocycles. The van der Waals surface area contributed by atoms with Gasteiger partial charge in [-0.05, 0) is 68.8 Å². The first-order chi connectivity index (χ1) is 23.5. The van der Waals surface area contributed by atoms with E-state index in [9.17, 15) is 5.26 Å². The predicted octanol–water partition coefficient (Wildman–Crippen LogP) is 10.4. The molecule has 0 bridgehead atoms. The van der Waals surface area contributed by atoms with E-state index in [-0.39, 0.29) is 5.41 Å². The van der Waals surface area contributed by atoms with Crippen LogP contribution in [0.25, 0.3) is 45.0 Å². The number of fused-ring (bicyclic) bond motifs is 9. The molecule has 9 rings (SSSR count). The zero-order valence-corrected chi connectivity index (χ0v) is 26.8. The number of hydrogen-bond acceptors (Lipinski definition) is 3. The van der Waals surface area contributed by atoms with Gasteiger partial charge < -0.3 is 0 Å². The van der Waals surface area contributed by atoms with Crippen LogP contribution in [0.3, 0.4) is 0 Å². The molecular weight excluding hydrogens is 583 g/mol. The number of aromatic nitrogens is 2. The number of rotatable bonds is 3. The minimum atomic E-state index is -0.494. The second-order valence-corrected chi connectivity index (χ2v) is 13.3. The van der Waals surface area contributed by atoms with Gasteiger partial charge in [0.25, 0.3) is 0 Å². The SMILES string of the molecule is CC1(C)c2ccccc2C2(c3ccccc3-c3ccc(-c4nc(-c5ccccc5)cc(-c5cccc(C#N)c5)n4)cc32)c2ccccc21. The molecule has 3 nitrogen and oxygen atoms in total.